The molecule has 66 valence electrons. The molecule has 0 saturated heterocycles. The maximum atomic E-state index is 5.33. The Morgan fingerprint density at radius 3 is 2.92 bits per heavy atom. The first-order valence-electron chi connectivity index (χ1n) is 3.99. The van der Waals surface area contributed by atoms with E-state index in [1.54, 1.807) is 0 Å². The molecule has 0 unspecified atom stereocenters. The Kier molecular flexibility index (Phi) is 1.83. The van der Waals surface area contributed by atoms with Gasteiger partial charge in [-0.1, -0.05) is 11.6 Å². The van der Waals surface area contributed by atoms with E-state index in [1.165, 1.54) is 11.9 Å². The van der Waals surface area contributed by atoms with E-state index in [9.17, 15) is 0 Å². The standard InChI is InChI=1S/C9H10N4/c1-6-2-3-8-7(4-6)9(13-10)12-5-11-8/h2-5H,10H2,1H3,(H,11,12,13). The van der Waals surface area contributed by atoms with Crippen LogP contribution in [0.5, 0.6) is 0 Å². The second kappa shape index (κ2) is 2.99. The lowest BCUT2D eigenvalue weighted by molar-refractivity contribution is 1.18. The minimum Gasteiger partial charge on any atom is -0.308 e. The highest BCUT2D eigenvalue weighted by molar-refractivity contribution is 5.89. The monoisotopic (exact) mass is 174 g/mol. The van der Waals surface area contributed by atoms with Gasteiger partial charge < -0.3 is 5.43 Å². The number of fused-ring (bicyclic) bond motifs is 1. The highest BCUT2D eigenvalue weighted by atomic mass is 15.3. The molecule has 0 saturated carbocycles. The Morgan fingerprint density at radius 2 is 2.15 bits per heavy atom. The summed E-state index contributed by atoms with van der Waals surface area (Å²) in [5.41, 5.74) is 4.61. The quantitative estimate of drug-likeness (QED) is 0.504. The summed E-state index contributed by atoms with van der Waals surface area (Å²) in [4.78, 5) is 8.14. The molecular weight excluding hydrogens is 164 g/mol. The third-order valence-corrected chi connectivity index (χ3v) is 1.93. The van der Waals surface area contributed by atoms with E-state index in [1.807, 2.05) is 25.1 Å². The lowest BCUT2D eigenvalue weighted by Gasteiger charge is -2.03. The van der Waals surface area contributed by atoms with E-state index < -0.39 is 0 Å². The Labute approximate surface area is 75.8 Å². The van der Waals surface area contributed by atoms with Crippen molar-refractivity contribution < 1.29 is 0 Å². The van der Waals surface area contributed by atoms with Crippen LogP contribution < -0.4 is 11.3 Å². The predicted octanol–water partition coefficient (Wildman–Crippen LogP) is 1.22. The number of aryl methyl sites for hydroxylation is 1. The first kappa shape index (κ1) is 7.94. The molecule has 0 aliphatic rings. The van der Waals surface area contributed by atoms with Crippen molar-refractivity contribution >= 4 is 16.7 Å². The van der Waals surface area contributed by atoms with Gasteiger partial charge in [0.15, 0.2) is 5.82 Å². The molecule has 0 aliphatic heterocycles. The first-order chi connectivity index (χ1) is 6.31. The second-order valence-corrected chi connectivity index (χ2v) is 2.89. The smallest absolute Gasteiger partial charge is 0.151 e. The average molecular weight is 174 g/mol. The molecular formula is C9H10N4. The lowest BCUT2D eigenvalue weighted by Crippen LogP contribution is -2.09. The number of hydrogen-bond acceptors (Lipinski definition) is 4. The van der Waals surface area contributed by atoms with Crippen molar-refractivity contribution in [1.29, 1.82) is 0 Å². The number of benzene rings is 1. The molecule has 0 atom stereocenters. The molecule has 4 nitrogen and oxygen atoms in total. The number of hydrogen-bond donors (Lipinski definition) is 2. The first-order valence-corrected chi connectivity index (χ1v) is 3.99. The fraction of sp³-hybridized carbons (Fsp3) is 0.111. The molecule has 13 heavy (non-hydrogen) atoms. The van der Waals surface area contributed by atoms with E-state index in [2.05, 4.69) is 15.4 Å². The topological polar surface area (TPSA) is 63.8 Å². The van der Waals surface area contributed by atoms with E-state index in [0.29, 0.717) is 5.82 Å². The van der Waals surface area contributed by atoms with E-state index in [0.717, 1.165) is 10.9 Å². The number of nitrogens with one attached hydrogen (secondary N) is 1. The molecule has 1 aromatic heterocycles. The van der Waals surface area contributed by atoms with Crippen molar-refractivity contribution in [3.63, 3.8) is 0 Å². The molecule has 2 aromatic rings. The van der Waals surface area contributed by atoms with Crippen LogP contribution in [-0.2, 0) is 0 Å². The van der Waals surface area contributed by atoms with Crippen LogP contribution in [0.3, 0.4) is 0 Å². The number of aromatic nitrogens is 2. The second-order valence-electron chi connectivity index (χ2n) is 2.89. The van der Waals surface area contributed by atoms with E-state index in [-0.39, 0.29) is 0 Å². The molecule has 0 fully saturated rings. The van der Waals surface area contributed by atoms with Gasteiger partial charge in [0.25, 0.3) is 0 Å². The molecule has 2 rings (SSSR count). The minimum atomic E-state index is 0.661. The third-order valence-electron chi connectivity index (χ3n) is 1.93. The summed E-state index contributed by atoms with van der Waals surface area (Å²) in [5, 5.41) is 0.949. The van der Waals surface area contributed by atoms with Gasteiger partial charge in [-0.25, -0.2) is 15.8 Å². The number of nitrogens with zero attached hydrogens (tertiary/aromatic N) is 2. The Balaban J connectivity index is 2.79. The van der Waals surface area contributed by atoms with Gasteiger partial charge in [0.1, 0.15) is 6.33 Å². The Hall–Kier alpha value is -1.68. The summed E-state index contributed by atoms with van der Waals surface area (Å²) in [5.74, 6) is 5.99. The maximum absolute atomic E-state index is 5.33. The van der Waals surface area contributed by atoms with Crippen molar-refractivity contribution in [2.75, 3.05) is 5.43 Å². The summed E-state index contributed by atoms with van der Waals surface area (Å²) >= 11 is 0. The van der Waals surface area contributed by atoms with E-state index in [4.69, 9.17) is 5.84 Å². The molecule has 1 heterocycles. The molecule has 3 N–H and O–H groups in total. The van der Waals surface area contributed by atoms with Gasteiger partial charge in [0, 0.05) is 5.39 Å². The van der Waals surface area contributed by atoms with Gasteiger partial charge in [0.05, 0.1) is 5.52 Å². The van der Waals surface area contributed by atoms with Gasteiger partial charge in [-0.3, -0.25) is 0 Å². The highest BCUT2D eigenvalue weighted by Gasteiger charge is 2.00. The van der Waals surface area contributed by atoms with Crippen molar-refractivity contribution in [3.8, 4) is 0 Å². The molecule has 0 amide bonds. The number of nitrogen functional groups attached to an aromatic ring is 1. The van der Waals surface area contributed by atoms with Crippen molar-refractivity contribution in [3.05, 3.63) is 30.1 Å². The normalized spacial score (nSPS) is 10.3. The van der Waals surface area contributed by atoms with Crippen LogP contribution in [0.15, 0.2) is 24.5 Å². The predicted molar refractivity (Wildman–Crippen MR) is 52.1 cm³/mol. The molecule has 0 spiro atoms. The van der Waals surface area contributed by atoms with E-state index >= 15 is 0 Å². The number of hydrazine groups is 1. The zero-order chi connectivity index (χ0) is 9.26. The van der Waals surface area contributed by atoms with Crippen LogP contribution in [0.2, 0.25) is 0 Å². The lowest BCUT2D eigenvalue weighted by atomic mass is 10.1. The van der Waals surface area contributed by atoms with Crippen molar-refractivity contribution in [2.45, 2.75) is 6.92 Å². The van der Waals surface area contributed by atoms with Crippen LogP contribution in [0.25, 0.3) is 10.9 Å². The van der Waals surface area contributed by atoms with Gasteiger partial charge in [0.2, 0.25) is 0 Å². The molecule has 0 aliphatic carbocycles. The third kappa shape index (κ3) is 1.31. The van der Waals surface area contributed by atoms with Crippen LogP contribution in [0, 0.1) is 6.92 Å². The molecule has 0 bridgehead atoms. The van der Waals surface area contributed by atoms with Crippen LogP contribution in [-0.4, -0.2) is 9.97 Å². The average Bonchev–Trinajstić information content (AvgIpc) is 2.17. The molecule has 1 aromatic carbocycles. The largest absolute Gasteiger partial charge is 0.308 e. The summed E-state index contributed by atoms with van der Waals surface area (Å²) < 4.78 is 0. The number of nitrogens with two attached hydrogens (primary N) is 1. The summed E-state index contributed by atoms with van der Waals surface area (Å²) in [6, 6.07) is 5.97. The van der Waals surface area contributed by atoms with Gasteiger partial charge in [-0.15, -0.1) is 0 Å². The maximum Gasteiger partial charge on any atom is 0.151 e. The zero-order valence-corrected chi connectivity index (χ0v) is 7.28. The fourth-order valence-electron chi connectivity index (χ4n) is 1.29. The van der Waals surface area contributed by atoms with Crippen molar-refractivity contribution in [1.82, 2.24) is 9.97 Å². The van der Waals surface area contributed by atoms with Crippen LogP contribution in [0.4, 0.5) is 5.82 Å². The number of anilines is 1. The summed E-state index contributed by atoms with van der Waals surface area (Å²) in [7, 11) is 0. The SMILES string of the molecule is Cc1ccc2ncnc(NN)c2c1. The number of rotatable bonds is 1. The minimum absolute atomic E-state index is 0.661. The Morgan fingerprint density at radius 1 is 1.31 bits per heavy atom. The van der Waals surface area contributed by atoms with Gasteiger partial charge >= 0.3 is 0 Å². The summed E-state index contributed by atoms with van der Waals surface area (Å²) in [6.45, 7) is 2.02. The van der Waals surface area contributed by atoms with Crippen LogP contribution >= 0.6 is 0 Å². The highest BCUT2D eigenvalue weighted by Crippen LogP contribution is 2.18. The molecule has 4 heteroatoms. The van der Waals surface area contributed by atoms with Crippen molar-refractivity contribution in [2.24, 2.45) is 5.84 Å². The molecule has 0 radical (unpaired) electrons. The summed E-state index contributed by atoms with van der Waals surface area (Å²) in [6.07, 6.45) is 1.49. The fourth-order valence-corrected chi connectivity index (χ4v) is 1.29. The van der Waals surface area contributed by atoms with Gasteiger partial charge in [-0.05, 0) is 19.1 Å². The zero-order valence-electron chi connectivity index (χ0n) is 7.28. The Bertz CT molecular complexity index is 439. The van der Waals surface area contributed by atoms with Crippen LogP contribution in [0.1, 0.15) is 5.56 Å². The van der Waals surface area contributed by atoms with Gasteiger partial charge in [-0.2, -0.15) is 0 Å².